The van der Waals surface area contributed by atoms with Crippen molar-refractivity contribution >= 4 is 0 Å². The van der Waals surface area contributed by atoms with Crippen LogP contribution in [0.1, 0.15) is 202 Å². The van der Waals surface area contributed by atoms with Crippen molar-refractivity contribution in [2.75, 3.05) is 26.4 Å². The van der Waals surface area contributed by atoms with E-state index < -0.39 is 104 Å². The fourth-order valence-electron chi connectivity index (χ4n) is 12.1. The molecule has 0 bridgehead atoms. The fraction of sp³-hybridized carbons (Fsp3) is 0.890. The summed E-state index contributed by atoms with van der Waals surface area (Å²) in [5.74, 6) is -0.107. The van der Waals surface area contributed by atoms with Gasteiger partial charge in [0.15, 0.2) is 18.9 Å². The van der Waals surface area contributed by atoms with Gasteiger partial charge in [-0.2, -0.15) is 0 Å². The molecule has 97 heavy (non-hydrogen) atoms. The molecule has 6 fully saturated rings. The molecule has 0 radical (unpaired) electrons. The minimum Gasteiger partial charge on any atom is -0.396 e. The summed E-state index contributed by atoms with van der Waals surface area (Å²) in [7, 11) is 0. The quantitative estimate of drug-likeness (QED) is 0.194. The monoisotopic (exact) mass is 1390 g/mol. The SMILES string of the molecule is CC(C)(C)C1=CC=CC1.CC(C)(C)C1COC[C@H](O)[C@H]1O.CC(C)(C)C1C[C@@H](O)O[C@H](O)[C@H]1O.CC(C)(C)C1C[C@@H](O)[C@@H](O)[C@@H](O)O1.CC(C)(C)C1C[C@@H](O)[C@H](O)[C@@H](CO)O1.CC(C)(C)C1C[C@@H](O)[C@H](O)[C@@H](O)[C@@H]1O.CC(C)(C)C1C[C@H](CO)[C@@H](O)[C@@H](O)C1.Cc1cnc(C)cn1. The smallest absolute Gasteiger partial charge is 0.184 e. The van der Waals surface area contributed by atoms with E-state index in [1.807, 2.05) is 118 Å². The summed E-state index contributed by atoms with van der Waals surface area (Å²) in [5.41, 5.74) is 3.41. The average molecular weight is 1400 g/mol. The molecule has 5 heterocycles. The molecule has 24 heteroatoms. The molecule has 1 aromatic rings. The molecule has 24 atom stereocenters. The topological polar surface area (TPSA) is 427 Å². The normalized spacial score (nSPS) is 36.5. The number of aryl methyl sites for hydroxylation is 2. The molecule has 4 saturated heterocycles. The predicted molar refractivity (Wildman–Crippen MR) is 370 cm³/mol. The fourth-order valence-corrected chi connectivity index (χ4v) is 12.1. The molecule has 572 valence electrons. The molecule has 24 nitrogen and oxygen atoms in total. The Labute approximate surface area is 580 Å². The highest BCUT2D eigenvalue weighted by molar-refractivity contribution is 5.27. The lowest BCUT2D eigenvalue weighted by Crippen LogP contribution is -2.56. The van der Waals surface area contributed by atoms with Crippen LogP contribution >= 0.6 is 0 Å². The van der Waals surface area contributed by atoms with Gasteiger partial charge in [-0.25, -0.2) is 0 Å². The number of allylic oxidation sites excluding steroid dienone is 4. The van der Waals surface area contributed by atoms with Gasteiger partial charge in [-0.3, -0.25) is 9.97 Å². The second-order valence-electron chi connectivity index (χ2n) is 35.1. The van der Waals surface area contributed by atoms with Crippen molar-refractivity contribution in [1.82, 2.24) is 9.97 Å². The highest BCUT2D eigenvalue weighted by Crippen LogP contribution is 2.42. The van der Waals surface area contributed by atoms with E-state index in [1.165, 1.54) is 0 Å². The molecule has 2 saturated carbocycles. The van der Waals surface area contributed by atoms with Gasteiger partial charge in [0, 0.05) is 50.1 Å². The zero-order valence-electron chi connectivity index (χ0n) is 63.1. The van der Waals surface area contributed by atoms with Crippen LogP contribution in [0.5, 0.6) is 0 Å². The number of aliphatic hydroxyl groups excluding tert-OH is 18. The Hall–Kier alpha value is -2.32. The number of nitrogens with zero attached hydrogens (tertiary/aromatic N) is 2. The zero-order valence-corrected chi connectivity index (χ0v) is 63.1. The first kappa shape index (κ1) is 92.7. The minimum atomic E-state index is -1.27. The van der Waals surface area contributed by atoms with Crippen LogP contribution in [-0.2, 0) is 18.9 Å². The van der Waals surface area contributed by atoms with E-state index in [2.05, 4.69) is 74.5 Å². The highest BCUT2D eigenvalue weighted by Gasteiger charge is 2.48. The average Bonchev–Trinajstić information content (AvgIpc) is 1.84. The molecule has 7 aliphatic rings. The Kier molecular flexibility index (Phi) is 37.8. The van der Waals surface area contributed by atoms with E-state index in [1.54, 1.807) is 18.0 Å². The van der Waals surface area contributed by atoms with Gasteiger partial charge in [-0.05, 0) is 95.2 Å². The van der Waals surface area contributed by atoms with Crippen molar-refractivity contribution in [3.05, 3.63) is 47.6 Å². The van der Waals surface area contributed by atoms with E-state index in [0.717, 1.165) is 24.2 Å². The van der Waals surface area contributed by atoms with Gasteiger partial charge in [0.2, 0.25) is 0 Å². The van der Waals surface area contributed by atoms with Crippen LogP contribution < -0.4 is 0 Å². The van der Waals surface area contributed by atoms with Crippen molar-refractivity contribution in [1.29, 1.82) is 0 Å². The Balaban J connectivity index is 0.000000557. The molecule has 18 N–H and O–H groups in total. The van der Waals surface area contributed by atoms with Gasteiger partial charge >= 0.3 is 0 Å². The van der Waals surface area contributed by atoms with Crippen molar-refractivity contribution in [3.8, 4) is 0 Å². The van der Waals surface area contributed by atoms with Crippen LogP contribution in [0.15, 0.2) is 36.2 Å². The van der Waals surface area contributed by atoms with Crippen molar-refractivity contribution in [2.24, 2.45) is 67.5 Å². The highest BCUT2D eigenvalue weighted by atomic mass is 16.7. The molecule has 0 amide bonds. The third-order valence-corrected chi connectivity index (χ3v) is 19.4. The summed E-state index contributed by atoms with van der Waals surface area (Å²) in [4.78, 5) is 8.03. The maximum absolute atomic E-state index is 9.74. The van der Waals surface area contributed by atoms with Crippen LogP contribution in [0.25, 0.3) is 0 Å². The Morgan fingerprint density at radius 1 is 0.392 bits per heavy atom. The largest absolute Gasteiger partial charge is 0.396 e. The molecular formula is C73H138N2O22. The second kappa shape index (κ2) is 39.5. The number of ether oxygens (including phenoxy) is 4. The van der Waals surface area contributed by atoms with Gasteiger partial charge in [0.05, 0.1) is 86.1 Å². The Morgan fingerprint density at radius 2 is 0.835 bits per heavy atom. The van der Waals surface area contributed by atoms with E-state index in [9.17, 15) is 81.7 Å². The first-order valence-corrected chi connectivity index (χ1v) is 34.7. The molecule has 8 rings (SSSR count). The Morgan fingerprint density at radius 3 is 1.22 bits per heavy atom. The molecule has 4 aliphatic heterocycles. The molecule has 3 aliphatic carbocycles. The third kappa shape index (κ3) is 31.3. The van der Waals surface area contributed by atoms with E-state index in [0.29, 0.717) is 50.0 Å². The van der Waals surface area contributed by atoms with Crippen LogP contribution in [0.2, 0.25) is 0 Å². The maximum Gasteiger partial charge on any atom is 0.184 e. The van der Waals surface area contributed by atoms with E-state index >= 15 is 0 Å². The van der Waals surface area contributed by atoms with E-state index in [4.69, 9.17) is 24.4 Å². The minimum absolute atomic E-state index is 0.0131. The van der Waals surface area contributed by atoms with Gasteiger partial charge < -0.3 is 111 Å². The van der Waals surface area contributed by atoms with Crippen LogP contribution in [0.4, 0.5) is 0 Å². The summed E-state index contributed by atoms with van der Waals surface area (Å²) in [6.45, 7) is 47.3. The van der Waals surface area contributed by atoms with Gasteiger partial charge in [0.25, 0.3) is 0 Å². The molecular weight excluding hydrogens is 1260 g/mol. The predicted octanol–water partition coefficient (Wildman–Crippen LogP) is 4.51. The van der Waals surface area contributed by atoms with Gasteiger partial charge in [0.1, 0.15) is 42.7 Å². The van der Waals surface area contributed by atoms with Gasteiger partial charge in [-0.1, -0.05) is 169 Å². The van der Waals surface area contributed by atoms with Crippen molar-refractivity contribution < 1.29 is 111 Å². The lowest BCUT2D eigenvalue weighted by atomic mass is 9.67. The number of hydrogen-bond donors (Lipinski definition) is 18. The molecule has 1 aromatic heterocycles. The first-order valence-electron chi connectivity index (χ1n) is 34.7. The summed E-state index contributed by atoms with van der Waals surface area (Å²) < 4.78 is 20.6. The lowest BCUT2D eigenvalue weighted by Gasteiger charge is -2.44. The first-order chi connectivity index (χ1) is 43.9. The second-order valence-corrected chi connectivity index (χ2v) is 35.1. The molecule has 0 aromatic carbocycles. The van der Waals surface area contributed by atoms with Crippen molar-refractivity contribution in [2.45, 2.75) is 321 Å². The number of aliphatic hydroxyl groups is 18. The van der Waals surface area contributed by atoms with Crippen LogP contribution in [-0.4, -0.2) is 245 Å². The summed E-state index contributed by atoms with van der Waals surface area (Å²) in [6, 6.07) is 0. The molecule has 0 spiro atoms. The zero-order chi connectivity index (χ0) is 75.6. The summed E-state index contributed by atoms with van der Waals surface area (Å²) >= 11 is 0. The van der Waals surface area contributed by atoms with Crippen LogP contribution in [0.3, 0.4) is 0 Å². The maximum atomic E-state index is 9.74. The van der Waals surface area contributed by atoms with Gasteiger partial charge in [-0.15, -0.1) is 0 Å². The van der Waals surface area contributed by atoms with E-state index in [-0.39, 0.29) is 88.2 Å². The number of aromatic nitrogens is 2. The summed E-state index contributed by atoms with van der Waals surface area (Å²) in [5, 5.41) is 169. The third-order valence-electron chi connectivity index (χ3n) is 19.4. The summed E-state index contributed by atoms with van der Waals surface area (Å²) in [6.07, 6.45) is -2.31. The molecule has 6 unspecified atom stereocenters. The Bertz CT molecular complexity index is 2300. The van der Waals surface area contributed by atoms with Crippen LogP contribution in [0, 0.1) is 81.3 Å². The lowest BCUT2D eigenvalue weighted by molar-refractivity contribution is -0.293. The number of rotatable bonds is 2. The standard InChI is InChI=1S/C11H22O3.2C10H20O4.2C9H18O4.C9H18O3.C9H14.C6H8N2/c1-11(2,3)8-4-7(6-12)10(14)9(13)5-8;1-10(2,3)8-4-6(12)9(13)7(5-11)14-8;1-10(2,3)5-4-6(11)8(13)9(14)7(5)12;1-9(2,3)6-4-5(10)7(11)8(12)13-6;1-9(2,3)5-4-6(10)13-8(12)7(5)11;1-9(2,3)6-4-12-5-7(10)8(6)11;1-9(2,3)8-6-4-5-7-8;1-5-3-8-6(2)4-7-5/h7-10,12-14H,4-6H2,1-3H3;6-9,11-13H,4-5H2,1-3H3;5-9,11-14H,4H2,1-3H3;2*5-8,10-12H,4H2,1-3H3;6-8,10-11H,4-5H2,1-3H3;4-6H,7H2,1-3H3;3-4H,1-2H3/t7-,8?,9+,10-;6-,7-,8?,9+;5?,6-,7-,8+,9+;5-,6?,7-,8+;5?,6-,7-,8-;6?,7-,8-;;/m111100../s1. The number of hydrogen-bond acceptors (Lipinski definition) is 24. The van der Waals surface area contributed by atoms with Crippen molar-refractivity contribution in [3.63, 3.8) is 0 Å².